The van der Waals surface area contributed by atoms with E-state index in [1.165, 1.54) is 30.0 Å². The number of nitro groups is 1. The van der Waals surface area contributed by atoms with E-state index >= 15 is 0 Å². The second-order valence-electron chi connectivity index (χ2n) is 5.68. The Morgan fingerprint density at radius 2 is 2.14 bits per heavy atom. The zero-order valence-electron chi connectivity index (χ0n) is 14.4. The molecule has 0 unspecified atom stereocenters. The number of benzene rings is 2. The average molecular weight is 483 g/mol. The Morgan fingerprint density at radius 3 is 2.82 bits per heavy atom. The topological polar surface area (TPSA) is 103 Å². The Morgan fingerprint density at radius 1 is 1.36 bits per heavy atom. The smallest absolute Gasteiger partial charge is 0.270 e. The number of amides is 1. The number of aromatic nitrogens is 3. The van der Waals surface area contributed by atoms with Crippen molar-refractivity contribution in [3.63, 3.8) is 0 Å². The molecule has 3 aromatic rings. The fraction of sp³-hybridized carbons (Fsp3) is 0.118. The molecule has 0 saturated carbocycles. The van der Waals surface area contributed by atoms with E-state index in [1.807, 2.05) is 19.1 Å². The van der Waals surface area contributed by atoms with Crippen molar-refractivity contribution >= 4 is 56.6 Å². The molecule has 0 fully saturated rings. The SMILES string of the molecule is Cc1ccc(-n2cnnc2SCC(=O)Nc2ccc([N+](=O)[O-])cc2Br)cc1Cl. The number of rotatable bonds is 6. The van der Waals surface area contributed by atoms with E-state index in [4.69, 9.17) is 11.6 Å². The Kier molecular flexibility index (Phi) is 6.32. The molecule has 1 amide bonds. The lowest BCUT2D eigenvalue weighted by atomic mass is 10.2. The molecular weight excluding hydrogens is 470 g/mol. The molecule has 8 nitrogen and oxygen atoms in total. The summed E-state index contributed by atoms with van der Waals surface area (Å²) in [5.41, 5.74) is 2.13. The van der Waals surface area contributed by atoms with E-state index in [2.05, 4.69) is 31.4 Å². The van der Waals surface area contributed by atoms with E-state index in [9.17, 15) is 14.9 Å². The molecule has 0 spiro atoms. The molecule has 0 radical (unpaired) electrons. The summed E-state index contributed by atoms with van der Waals surface area (Å²) in [6.45, 7) is 1.91. The highest BCUT2D eigenvalue weighted by atomic mass is 79.9. The van der Waals surface area contributed by atoms with Crippen molar-refractivity contribution in [3.8, 4) is 5.69 Å². The van der Waals surface area contributed by atoms with Gasteiger partial charge < -0.3 is 5.32 Å². The third-order valence-corrected chi connectivity index (χ3v) is 5.73. The summed E-state index contributed by atoms with van der Waals surface area (Å²) in [7, 11) is 0. The molecular formula is C17H13BrClN5O3S. The fourth-order valence-corrected chi connectivity index (χ4v) is 3.64. The van der Waals surface area contributed by atoms with Gasteiger partial charge in [-0.2, -0.15) is 0 Å². The first-order chi connectivity index (χ1) is 13.3. The molecule has 1 aromatic heterocycles. The monoisotopic (exact) mass is 481 g/mol. The van der Waals surface area contributed by atoms with Crippen molar-refractivity contribution < 1.29 is 9.72 Å². The number of aryl methyl sites for hydroxylation is 1. The summed E-state index contributed by atoms with van der Waals surface area (Å²) in [5.74, 6) is -0.196. The second-order valence-corrected chi connectivity index (χ2v) is 7.88. The zero-order valence-corrected chi connectivity index (χ0v) is 17.6. The number of thioether (sulfide) groups is 1. The molecule has 0 aliphatic rings. The second kappa shape index (κ2) is 8.72. The highest BCUT2D eigenvalue weighted by Crippen LogP contribution is 2.28. The van der Waals surface area contributed by atoms with Crippen LogP contribution in [0.25, 0.3) is 5.69 Å². The maximum atomic E-state index is 12.3. The van der Waals surface area contributed by atoms with Crippen LogP contribution in [0.2, 0.25) is 5.02 Å². The minimum absolute atomic E-state index is 0.0656. The lowest BCUT2D eigenvalue weighted by Crippen LogP contribution is -2.15. The first kappa shape index (κ1) is 20.3. The number of hydrogen-bond donors (Lipinski definition) is 1. The summed E-state index contributed by atoms with van der Waals surface area (Å²) < 4.78 is 2.17. The quantitative estimate of drug-likeness (QED) is 0.312. The van der Waals surface area contributed by atoms with Crippen LogP contribution < -0.4 is 5.32 Å². The van der Waals surface area contributed by atoms with Crippen LogP contribution in [0.1, 0.15) is 5.56 Å². The number of carbonyl (C=O) groups is 1. The predicted octanol–water partition coefficient (Wildman–Crippen LogP) is 4.63. The van der Waals surface area contributed by atoms with Crippen molar-refractivity contribution in [3.05, 3.63) is 67.9 Å². The highest BCUT2D eigenvalue weighted by Gasteiger charge is 2.14. The number of nitro benzene ring substituents is 1. The molecule has 0 saturated heterocycles. The van der Waals surface area contributed by atoms with Crippen LogP contribution in [-0.2, 0) is 4.79 Å². The molecule has 2 aromatic carbocycles. The molecule has 1 N–H and O–H groups in total. The summed E-state index contributed by atoms with van der Waals surface area (Å²) >= 11 is 10.6. The molecule has 11 heteroatoms. The van der Waals surface area contributed by atoms with Gasteiger partial charge in [-0.1, -0.05) is 29.4 Å². The lowest BCUT2D eigenvalue weighted by Gasteiger charge is -2.09. The van der Waals surface area contributed by atoms with E-state index in [-0.39, 0.29) is 17.3 Å². The zero-order chi connectivity index (χ0) is 20.3. The van der Waals surface area contributed by atoms with E-state index in [1.54, 1.807) is 17.0 Å². The molecule has 0 atom stereocenters. The molecule has 144 valence electrons. The maximum absolute atomic E-state index is 12.3. The molecule has 1 heterocycles. The lowest BCUT2D eigenvalue weighted by molar-refractivity contribution is -0.384. The van der Waals surface area contributed by atoms with Crippen molar-refractivity contribution in [1.29, 1.82) is 0 Å². The number of nitrogens with zero attached hydrogens (tertiary/aromatic N) is 4. The van der Waals surface area contributed by atoms with Crippen LogP contribution >= 0.6 is 39.3 Å². The van der Waals surface area contributed by atoms with E-state index in [0.717, 1.165) is 11.3 Å². The molecule has 3 rings (SSSR count). The number of non-ortho nitro benzene ring substituents is 1. The summed E-state index contributed by atoms with van der Waals surface area (Å²) in [6.07, 6.45) is 1.55. The number of nitrogens with one attached hydrogen (secondary N) is 1. The maximum Gasteiger partial charge on any atom is 0.270 e. The summed E-state index contributed by atoms with van der Waals surface area (Å²) in [5, 5.41) is 22.6. The predicted molar refractivity (Wildman–Crippen MR) is 111 cm³/mol. The first-order valence-corrected chi connectivity index (χ1v) is 10.0. The molecule has 28 heavy (non-hydrogen) atoms. The Bertz CT molecular complexity index is 1060. The molecule has 0 aliphatic carbocycles. The average Bonchev–Trinajstić information content (AvgIpc) is 3.12. The highest BCUT2D eigenvalue weighted by molar-refractivity contribution is 9.10. The minimum Gasteiger partial charge on any atom is -0.324 e. The van der Waals surface area contributed by atoms with Gasteiger partial charge in [0.1, 0.15) is 6.33 Å². The van der Waals surface area contributed by atoms with Crippen LogP contribution in [0, 0.1) is 17.0 Å². The third kappa shape index (κ3) is 4.70. The Hall–Kier alpha value is -2.43. The third-order valence-electron chi connectivity index (χ3n) is 3.72. The van der Waals surface area contributed by atoms with Gasteiger partial charge in [0.2, 0.25) is 5.91 Å². The van der Waals surface area contributed by atoms with Crippen molar-refractivity contribution in [2.75, 3.05) is 11.1 Å². The van der Waals surface area contributed by atoms with Crippen LogP contribution in [0.3, 0.4) is 0 Å². The van der Waals surface area contributed by atoms with Gasteiger partial charge >= 0.3 is 0 Å². The standard InChI is InChI=1S/C17H13BrClN5O3S/c1-10-2-3-11(7-14(10)19)23-9-20-22-17(23)28-8-16(25)21-15-5-4-12(24(26)27)6-13(15)18/h2-7,9H,8H2,1H3,(H,21,25). The van der Waals surface area contributed by atoms with Gasteiger partial charge in [-0.15, -0.1) is 10.2 Å². The van der Waals surface area contributed by atoms with Crippen LogP contribution in [-0.4, -0.2) is 31.3 Å². The Balaban J connectivity index is 1.67. The number of hydrogen-bond acceptors (Lipinski definition) is 6. The van der Waals surface area contributed by atoms with Crippen molar-refractivity contribution in [1.82, 2.24) is 14.8 Å². The van der Waals surface area contributed by atoms with Gasteiger partial charge in [0.05, 0.1) is 22.1 Å². The van der Waals surface area contributed by atoms with Gasteiger partial charge in [0.25, 0.3) is 5.69 Å². The van der Waals surface area contributed by atoms with Crippen molar-refractivity contribution in [2.24, 2.45) is 0 Å². The van der Waals surface area contributed by atoms with Crippen molar-refractivity contribution in [2.45, 2.75) is 12.1 Å². The minimum atomic E-state index is -0.504. The summed E-state index contributed by atoms with van der Waals surface area (Å²) in [6, 6.07) is 9.72. The van der Waals surface area contributed by atoms with Gasteiger partial charge in [-0.25, -0.2) is 0 Å². The molecule has 0 aliphatic heterocycles. The number of halogens is 2. The van der Waals surface area contributed by atoms with Gasteiger partial charge in [0, 0.05) is 21.6 Å². The number of carbonyl (C=O) groups excluding carboxylic acids is 1. The largest absolute Gasteiger partial charge is 0.324 e. The van der Waals surface area contributed by atoms with Gasteiger partial charge in [0.15, 0.2) is 5.16 Å². The van der Waals surface area contributed by atoms with Crippen LogP contribution in [0.5, 0.6) is 0 Å². The number of anilines is 1. The fourth-order valence-electron chi connectivity index (χ4n) is 2.27. The Labute approximate surface area is 177 Å². The van der Waals surface area contributed by atoms with Gasteiger partial charge in [-0.3, -0.25) is 19.5 Å². The summed E-state index contributed by atoms with van der Waals surface area (Å²) in [4.78, 5) is 22.5. The van der Waals surface area contributed by atoms with Crippen LogP contribution in [0.15, 0.2) is 52.4 Å². The first-order valence-electron chi connectivity index (χ1n) is 7.88. The molecule has 0 bridgehead atoms. The van der Waals surface area contributed by atoms with Gasteiger partial charge in [-0.05, 0) is 46.6 Å². The van der Waals surface area contributed by atoms with Crippen LogP contribution in [0.4, 0.5) is 11.4 Å². The van der Waals surface area contributed by atoms with E-state index < -0.39 is 4.92 Å². The normalized spacial score (nSPS) is 10.7. The van der Waals surface area contributed by atoms with E-state index in [0.29, 0.717) is 20.3 Å².